The van der Waals surface area contributed by atoms with Crippen LogP contribution in [0.15, 0.2) is 12.4 Å². The van der Waals surface area contributed by atoms with Gasteiger partial charge in [-0.1, -0.05) is 12.8 Å². The molecule has 0 aliphatic heterocycles. The highest BCUT2D eigenvalue weighted by Gasteiger charge is 2.17. The predicted molar refractivity (Wildman–Crippen MR) is 74.7 cm³/mol. The average molecular weight is 249 g/mol. The summed E-state index contributed by atoms with van der Waals surface area (Å²) < 4.78 is 0. The van der Waals surface area contributed by atoms with Crippen molar-refractivity contribution in [2.75, 3.05) is 17.2 Å². The molecule has 0 spiro atoms. The molecule has 1 aliphatic carbocycles. The lowest BCUT2D eigenvalue weighted by Gasteiger charge is -2.25. The van der Waals surface area contributed by atoms with E-state index in [1.807, 2.05) is 6.07 Å². The average Bonchev–Trinajstić information content (AvgIpc) is 2.82. The number of hydrogen-bond donors (Lipinski definition) is 3. The van der Waals surface area contributed by atoms with Crippen LogP contribution in [-0.4, -0.2) is 28.1 Å². The van der Waals surface area contributed by atoms with Gasteiger partial charge in [0.15, 0.2) is 0 Å². The van der Waals surface area contributed by atoms with Crippen molar-refractivity contribution in [3.8, 4) is 0 Å². The van der Waals surface area contributed by atoms with Gasteiger partial charge in [-0.05, 0) is 26.7 Å². The highest BCUT2D eigenvalue weighted by atomic mass is 15.1. The highest BCUT2D eigenvalue weighted by Crippen LogP contribution is 2.22. The number of nitrogens with zero attached hydrogens (tertiary/aromatic N) is 2. The molecule has 0 saturated heterocycles. The zero-order valence-corrected chi connectivity index (χ0v) is 11.2. The van der Waals surface area contributed by atoms with Gasteiger partial charge < -0.3 is 16.4 Å². The van der Waals surface area contributed by atoms with E-state index in [2.05, 4.69) is 34.4 Å². The van der Waals surface area contributed by atoms with E-state index in [1.54, 1.807) is 6.33 Å². The van der Waals surface area contributed by atoms with Gasteiger partial charge in [-0.2, -0.15) is 0 Å². The molecule has 1 aliphatic rings. The van der Waals surface area contributed by atoms with Gasteiger partial charge in [0.2, 0.25) is 0 Å². The number of nitrogens with two attached hydrogens (primary N) is 1. The topological polar surface area (TPSA) is 75.9 Å². The van der Waals surface area contributed by atoms with Crippen LogP contribution in [0.1, 0.15) is 39.5 Å². The van der Waals surface area contributed by atoms with E-state index in [4.69, 9.17) is 5.73 Å². The molecule has 5 nitrogen and oxygen atoms in total. The summed E-state index contributed by atoms with van der Waals surface area (Å²) in [5.74, 6) is 1.72. The molecule has 2 rings (SSSR count). The molecule has 0 amide bonds. The summed E-state index contributed by atoms with van der Waals surface area (Å²) in [6.45, 7) is 4.67. The van der Waals surface area contributed by atoms with Crippen molar-refractivity contribution in [2.24, 2.45) is 5.73 Å². The minimum atomic E-state index is -0.154. The number of anilines is 2. The largest absolute Gasteiger partial charge is 0.367 e. The van der Waals surface area contributed by atoms with Crippen molar-refractivity contribution in [3.05, 3.63) is 12.4 Å². The van der Waals surface area contributed by atoms with Crippen molar-refractivity contribution < 1.29 is 0 Å². The molecule has 1 fully saturated rings. The summed E-state index contributed by atoms with van der Waals surface area (Å²) in [6.07, 6.45) is 6.69. The Morgan fingerprint density at radius 2 is 1.94 bits per heavy atom. The predicted octanol–water partition coefficient (Wildman–Crippen LogP) is 1.98. The summed E-state index contributed by atoms with van der Waals surface area (Å²) in [6, 6.07) is 2.52. The first kappa shape index (κ1) is 13.1. The number of hydrogen-bond acceptors (Lipinski definition) is 5. The minimum Gasteiger partial charge on any atom is -0.367 e. The molecular weight excluding hydrogens is 226 g/mol. The van der Waals surface area contributed by atoms with Crippen LogP contribution in [-0.2, 0) is 0 Å². The Bertz CT molecular complexity index is 385. The van der Waals surface area contributed by atoms with E-state index in [0.29, 0.717) is 12.6 Å². The molecule has 18 heavy (non-hydrogen) atoms. The van der Waals surface area contributed by atoms with E-state index < -0.39 is 0 Å². The maximum atomic E-state index is 5.70. The second-order valence-electron chi connectivity index (χ2n) is 5.63. The van der Waals surface area contributed by atoms with Crippen LogP contribution in [0.3, 0.4) is 0 Å². The van der Waals surface area contributed by atoms with Crippen LogP contribution in [0, 0.1) is 0 Å². The molecule has 0 atom stereocenters. The maximum absolute atomic E-state index is 5.70. The van der Waals surface area contributed by atoms with Crippen LogP contribution in [0.4, 0.5) is 11.6 Å². The third-order valence-corrected chi connectivity index (χ3v) is 3.35. The van der Waals surface area contributed by atoms with Gasteiger partial charge in [0.1, 0.15) is 18.0 Å². The van der Waals surface area contributed by atoms with Crippen LogP contribution >= 0.6 is 0 Å². The van der Waals surface area contributed by atoms with Crippen LogP contribution in [0.5, 0.6) is 0 Å². The fourth-order valence-electron chi connectivity index (χ4n) is 2.18. The van der Waals surface area contributed by atoms with Gasteiger partial charge in [-0.15, -0.1) is 0 Å². The summed E-state index contributed by atoms with van der Waals surface area (Å²) in [7, 11) is 0. The lowest BCUT2D eigenvalue weighted by molar-refractivity contribution is 0.577. The zero-order valence-electron chi connectivity index (χ0n) is 11.2. The Morgan fingerprint density at radius 1 is 1.28 bits per heavy atom. The van der Waals surface area contributed by atoms with Gasteiger partial charge in [-0.3, -0.25) is 0 Å². The first-order chi connectivity index (χ1) is 8.59. The molecule has 1 aromatic heterocycles. The van der Waals surface area contributed by atoms with Crippen LogP contribution in [0.2, 0.25) is 0 Å². The molecular formula is C13H23N5. The van der Waals surface area contributed by atoms with E-state index in [1.165, 1.54) is 25.7 Å². The van der Waals surface area contributed by atoms with Gasteiger partial charge in [0.05, 0.1) is 0 Å². The Balaban J connectivity index is 2.00. The Kier molecular flexibility index (Phi) is 4.01. The van der Waals surface area contributed by atoms with Crippen molar-refractivity contribution in [1.82, 2.24) is 9.97 Å². The normalized spacial score (nSPS) is 16.8. The van der Waals surface area contributed by atoms with E-state index in [0.717, 1.165) is 11.6 Å². The van der Waals surface area contributed by atoms with Gasteiger partial charge in [0, 0.05) is 24.2 Å². The quantitative estimate of drug-likeness (QED) is 0.744. The first-order valence-electron chi connectivity index (χ1n) is 6.66. The Morgan fingerprint density at radius 3 is 2.61 bits per heavy atom. The smallest absolute Gasteiger partial charge is 0.131 e. The van der Waals surface area contributed by atoms with Crippen molar-refractivity contribution in [1.29, 1.82) is 0 Å². The Hall–Kier alpha value is -1.36. The summed E-state index contributed by atoms with van der Waals surface area (Å²) in [4.78, 5) is 8.49. The SMILES string of the molecule is CC(C)(CN)Nc1cc(NC2CCCC2)ncn1. The maximum Gasteiger partial charge on any atom is 0.131 e. The summed E-state index contributed by atoms with van der Waals surface area (Å²) >= 11 is 0. The van der Waals surface area contributed by atoms with Crippen LogP contribution in [0.25, 0.3) is 0 Å². The van der Waals surface area contributed by atoms with Crippen LogP contribution < -0.4 is 16.4 Å². The third-order valence-electron chi connectivity index (χ3n) is 3.35. The van der Waals surface area contributed by atoms with Gasteiger partial charge in [0.25, 0.3) is 0 Å². The molecule has 0 aromatic carbocycles. The second-order valence-corrected chi connectivity index (χ2v) is 5.63. The van der Waals surface area contributed by atoms with Crippen molar-refractivity contribution >= 4 is 11.6 Å². The number of aromatic nitrogens is 2. The van der Waals surface area contributed by atoms with Gasteiger partial charge in [-0.25, -0.2) is 9.97 Å². The number of rotatable bonds is 5. The monoisotopic (exact) mass is 249 g/mol. The van der Waals surface area contributed by atoms with E-state index in [-0.39, 0.29) is 5.54 Å². The molecule has 5 heteroatoms. The lowest BCUT2D eigenvalue weighted by atomic mass is 10.1. The number of nitrogens with one attached hydrogen (secondary N) is 2. The van der Waals surface area contributed by atoms with E-state index >= 15 is 0 Å². The lowest BCUT2D eigenvalue weighted by Crippen LogP contribution is -2.39. The summed E-state index contributed by atoms with van der Waals surface area (Å²) in [5.41, 5.74) is 5.55. The minimum absolute atomic E-state index is 0.154. The molecule has 1 aromatic rings. The standard InChI is InChI=1S/C13H23N5/c1-13(2,8-14)18-12-7-11(15-9-16-12)17-10-5-3-4-6-10/h7,9-10H,3-6,8,14H2,1-2H3,(H2,15,16,17,18). The molecule has 4 N–H and O–H groups in total. The Labute approximate surface area is 109 Å². The molecule has 1 heterocycles. The molecule has 1 saturated carbocycles. The fraction of sp³-hybridized carbons (Fsp3) is 0.692. The van der Waals surface area contributed by atoms with Crippen molar-refractivity contribution in [2.45, 2.75) is 51.1 Å². The van der Waals surface area contributed by atoms with E-state index in [9.17, 15) is 0 Å². The molecule has 0 radical (unpaired) electrons. The molecule has 100 valence electrons. The third kappa shape index (κ3) is 3.57. The first-order valence-corrected chi connectivity index (χ1v) is 6.66. The second kappa shape index (κ2) is 5.52. The molecule has 0 bridgehead atoms. The zero-order chi connectivity index (χ0) is 13.0. The fourth-order valence-corrected chi connectivity index (χ4v) is 2.18. The molecule has 0 unspecified atom stereocenters. The van der Waals surface area contributed by atoms with Gasteiger partial charge >= 0.3 is 0 Å². The highest BCUT2D eigenvalue weighted by molar-refractivity contribution is 5.48. The van der Waals surface area contributed by atoms with Crippen molar-refractivity contribution in [3.63, 3.8) is 0 Å². The summed E-state index contributed by atoms with van der Waals surface area (Å²) in [5, 5.41) is 6.78.